The van der Waals surface area contributed by atoms with Gasteiger partial charge in [0.1, 0.15) is 5.75 Å². The fourth-order valence-corrected chi connectivity index (χ4v) is 3.98. The summed E-state index contributed by atoms with van der Waals surface area (Å²) in [5.41, 5.74) is 3.59. The van der Waals surface area contributed by atoms with Gasteiger partial charge in [-0.2, -0.15) is 0 Å². The first-order valence-corrected chi connectivity index (χ1v) is 10.5. The molecular weight excluding hydrogens is 501 g/mol. The lowest BCUT2D eigenvalue weighted by Crippen LogP contribution is -2.52. The second kappa shape index (κ2) is 11.2. The topological polar surface area (TPSA) is 53.0 Å². The lowest BCUT2D eigenvalue weighted by atomic mass is 10.1. The summed E-state index contributed by atoms with van der Waals surface area (Å²) in [6, 6.07) is 18.8. The molecule has 1 aliphatic heterocycles. The van der Waals surface area contributed by atoms with Crippen LogP contribution in [0.1, 0.15) is 5.56 Å². The Morgan fingerprint density at radius 3 is 2.48 bits per heavy atom. The first-order chi connectivity index (χ1) is 14.8. The van der Waals surface area contributed by atoms with Crippen LogP contribution in [0.5, 0.6) is 5.75 Å². The maximum atomic E-state index is 5.26. The Morgan fingerprint density at radius 1 is 1.03 bits per heavy atom. The van der Waals surface area contributed by atoms with Gasteiger partial charge in [-0.25, -0.2) is 0 Å². The molecule has 1 N–H and O–H groups in total. The van der Waals surface area contributed by atoms with E-state index < -0.39 is 0 Å². The van der Waals surface area contributed by atoms with Crippen LogP contribution >= 0.6 is 24.0 Å². The lowest BCUT2D eigenvalue weighted by Gasteiger charge is -2.37. The van der Waals surface area contributed by atoms with E-state index >= 15 is 0 Å². The van der Waals surface area contributed by atoms with Gasteiger partial charge in [0.2, 0.25) is 0 Å². The van der Waals surface area contributed by atoms with Crippen molar-refractivity contribution in [3.63, 3.8) is 0 Å². The second-order valence-electron chi connectivity index (χ2n) is 7.39. The number of piperazine rings is 1. The minimum absolute atomic E-state index is 0. The van der Waals surface area contributed by atoms with Gasteiger partial charge in [0.25, 0.3) is 0 Å². The molecule has 31 heavy (non-hydrogen) atoms. The zero-order chi connectivity index (χ0) is 20.8. The number of benzene rings is 2. The number of anilines is 1. The minimum atomic E-state index is 0. The highest BCUT2D eigenvalue weighted by molar-refractivity contribution is 14.0. The Balaban J connectivity index is 0.00000272. The molecular formula is C24H30IN5O. The number of nitrogens with zero attached hydrogens (tertiary/aromatic N) is 4. The second-order valence-corrected chi connectivity index (χ2v) is 7.39. The number of aromatic nitrogens is 1. The highest BCUT2D eigenvalue weighted by Gasteiger charge is 2.19. The molecule has 2 aromatic carbocycles. The lowest BCUT2D eigenvalue weighted by molar-refractivity contribution is 0.373. The number of rotatable bonds is 5. The number of para-hydroxylation sites is 1. The molecule has 0 unspecified atom stereocenters. The molecule has 0 bridgehead atoms. The summed E-state index contributed by atoms with van der Waals surface area (Å²) < 4.78 is 5.26. The molecule has 1 saturated heterocycles. The van der Waals surface area contributed by atoms with Crippen LogP contribution in [0.25, 0.3) is 10.9 Å². The van der Waals surface area contributed by atoms with Gasteiger partial charge >= 0.3 is 0 Å². The molecule has 4 rings (SSSR count). The fourth-order valence-electron chi connectivity index (χ4n) is 3.98. The standard InChI is InChI=1S/C24H29N5O.HI/c1-25-24(27-14-12-20-6-3-5-19-7-4-13-26-23(19)20)29-17-15-28(16-18-29)21-8-10-22(30-2)11-9-21;/h3-11,13H,12,14-18H2,1-2H3,(H,25,27);1H. The van der Waals surface area contributed by atoms with E-state index in [1.807, 2.05) is 31.4 Å². The van der Waals surface area contributed by atoms with E-state index in [9.17, 15) is 0 Å². The summed E-state index contributed by atoms with van der Waals surface area (Å²) >= 11 is 0. The van der Waals surface area contributed by atoms with E-state index in [2.05, 4.69) is 61.5 Å². The van der Waals surface area contributed by atoms with Gasteiger partial charge in [0, 0.05) is 57.0 Å². The number of ether oxygens (including phenoxy) is 1. The van der Waals surface area contributed by atoms with E-state index in [4.69, 9.17) is 4.74 Å². The van der Waals surface area contributed by atoms with E-state index in [-0.39, 0.29) is 24.0 Å². The quantitative estimate of drug-likeness (QED) is 0.309. The fraction of sp³-hybridized carbons (Fsp3) is 0.333. The van der Waals surface area contributed by atoms with Gasteiger partial charge in [-0.05, 0) is 42.3 Å². The molecule has 3 aromatic rings. The summed E-state index contributed by atoms with van der Waals surface area (Å²) in [7, 11) is 3.56. The molecule has 2 heterocycles. The van der Waals surface area contributed by atoms with E-state index in [1.54, 1.807) is 7.11 Å². The van der Waals surface area contributed by atoms with Crippen molar-refractivity contribution < 1.29 is 4.74 Å². The first-order valence-electron chi connectivity index (χ1n) is 10.5. The summed E-state index contributed by atoms with van der Waals surface area (Å²) in [5.74, 6) is 1.86. The van der Waals surface area contributed by atoms with Crippen molar-refractivity contribution in [1.82, 2.24) is 15.2 Å². The van der Waals surface area contributed by atoms with Gasteiger partial charge in [-0.15, -0.1) is 24.0 Å². The number of guanidine groups is 1. The minimum Gasteiger partial charge on any atom is -0.497 e. The Hall–Kier alpha value is -2.55. The molecule has 7 heteroatoms. The zero-order valence-corrected chi connectivity index (χ0v) is 20.5. The zero-order valence-electron chi connectivity index (χ0n) is 18.1. The SMILES string of the molecule is CN=C(NCCc1cccc2cccnc12)N1CCN(c2ccc(OC)cc2)CC1.I. The summed E-state index contributed by atoms with van der Waals surface area (Å²) in [5, 5.41) is 4.72. The number of aliphatic imine (C=N–C) groups is 1. The van der Waals surface area contributed by atoms with Crippen LogP contribution in [0.15, 0.2) is 65.8 Å². The first kappa shape index (κ1) is 23.1. The van der Waals surface area contributed by atoms with Crippen LogP contribution in [-0.2, 0) is 6.42 Å². The Kier molecular flexibility index (Phi) is 8.34. The molecule has 0 saturated carbocycles. The number of nitrogens with one attached hydrogen (secondary N) is 1. The molecule has 0 aliphatic carbocycles. The average molecular weight is 531 g/mol. The predicted octanol–water partition coefficient (Wildman–Crippen LogP) is 3.80. The third kappa shape index (κ3) is 5.58. The van der Waals surface area contributed by atoms with Crippen molar-refractivity contribution in [2.45, 2.75) is 6.42 Å². The average Bonchev–Trinajstić information content (AvgIpc) is 2.82. The highest BCUT2D eigenvalue weighted by atomic mass is 127. The van der Waals surface area contributed by atoms with Gasteiger partial charge in [0.15, 0.2) is 5.96 Å². The van der Waals surface area contributed by atoms with Crippen LogP contribution in [0.4, 0.5) is 5.69 Å². The van der Waals surface area contributed by atoms with Crippen LogP contribution in [-0.4, -0.2) is 62.7 Å². The molecule has 1 fully saturated rings. The Morgan fingerprint density at radius 2 is 1.77 bits per heavy atom. The monoisotopic (exact) mass is 531 g/mol. The van der Waals surface area contributed by atoms with Crippen molar-refractivity contribution >= 4 is 46.5 Å². The number of fused-ring (bicyclic) bond motifs is 1. The van der Waals surface area contributed by atoms with Gasteiger partial charge in [-0.1, -0.05) is 24.3 Å². The van der Waals surface area contributed by atoms with Crippen LogP contribution < -0.4 is 15.0 Å². The van der Waals surface area contributed by atoms with Crippen LogP contribution in [0, 0.1) is 0 Å². The molecule has 1 aromatic heterocycles. The molecule has 6 nitrogen and oxygen atoms in total. The van der Waals surface area contributed by atoms with Crippen molar-refractivity contribution in [2.24, 2.45) is 4.99 Å². The third-order valence-corrected chi connectivity index (χ3v) is 5.62. The largest absolute Gasteiger partial charge is 0.497 e. The van der Waals surface area contributed by atoms with Crippen molar-refractivity contribution in [1.29, 1.82) is 0 Å². The number of pyridine rings is 1. The molecule has 0 atom stereocenters. The van der Waals surface area contributed by atoms with Crippen molar-refractivity contribution in [3.8, 4) is 5.75 Å². The number of hydrogen-bond donors (Lipinski definition) is 1. The number of methoxy groups -OCH3 is 1. The normalized spacial score (nSPS) is 14.3. The van der Waals surface area contributed by atoms with Gasteiger partial charge < -0.3 is 19.9 Å². The number of hydrogen-bond acceptors (Lipinski definition) is 4. The smallest absolute Gasteiger partial charge is 0.193 e. The van der Waals surface area contributed by atoms with E-state index in [0.717, 1.165) is 56.4 Å². The molecule has 0 spiro atoms. The van der Waals surface area contributed by atoms with Crippen LogP contribution in [0.3, 0.4) is 0 Å². The molecule has 0 radical (unpaired) electrons. The molecule has 164 valence electrons. The molecule has 0 amide bonds. The third-order valence-electron chi connectivity index (χ3n) is 5.62. The van der Waals surface area contributed by atoms with E-state index in [1.165, 1.54) is 16.6 Å². The van der Waals surface area contributed by atoms with Crippen molar-refractivity contribution in [2.75, 3.05) is 51.8 Å². The Bertz CT molecular complexity index is 995. The number of halogens is 1. The predicted molar refractivity (Wildman–Crippen MR) is 139 cm³/mol. The van der Waals surface area contributed by atoms with E-state index in [0.29, 0.717) is 0 Å². The van der Waals surface area contributed by atoms with Crippen molar-refractivity contribution in [3.05, 3.63) is 66.4 Å². The highest BCUT2D eigenvalue weighted by Crippen LogP contribution is 2.20. The van der Waals surface area contributed by atoms with Gasteiger partial charge in [-0.3, -0.25) is 9.98 Å². The summed E-state index contributed by atoms with van der Waals surface area (Å²) in [6.07, 6.45) is 2.78. The van der Waals surface area contributed by atoms with Crippen LogP contribution in [0.2, 0.25) is 0 Å². The summed E-state index contributed by atoms with van der Waals surface area (Å²) in [6.45, 7) is 4.67. The molecule has 1 aliphatic rings. The maximum absolute atomic E-state index is 5.26. The maximum Gasteiger partial charge on any atom is 0.193 e. The van der Waals surface area contributed by atoms with Gasteiger partial charge in [0.05, 0.1) is 12.6 Å². The summed E-state index contributed by atoms with van der Waals surface area (Å²) in [4.78, 5) is 13.8. The Labute approximate surface area is 201 Å².